The van der Waals surface area contributed by atoms with Crippen LogP contribution in [-0.2, 0) is 9.59 Å². The molecule has 2 heterocycles. The zero-order chi connectivity index (χ0) is 19.3. The molecule has 164 valence electrons. The van der Waals surface area contributed by atoms with Gasteiger partial charge in [-0.15, -0.1) is 12.4 Å². The Morgan fingerprint density at radius 1 is 0.966 bits per heavy atom. The molecule has 0 aromatic carbocycles. The number of nitrogens with one attached hydrogen (secondary N) is 1. The first-order chi connectivity index (χ1) is 13.6. The molecule has 2 saturated heterocycles. The maximum atomic E-state index is 13.8. The highest BCUT2D eigenvalue weighted by Crippen LogP contribution is 2.60. The fourth-order valence-corrected chi connectivity index (χ4v) is 7.88. The number of amides is 2. The topological polar surface area (TPSA) is 52.7 Å². The number of rotatable bonds is 4. The van der Waals surface area contributed by atoms with Crippen molar-refractivity contribution >= 4 is 24.2 Å². The van der Waals surface area contributed by atoms with E-state index in [0.717, 1.165) is 82.5 Å². The van der Waals surface area contributed by atoms with Crippen LogP contribution < -0.4 is 5.32 Å². The summed E-state index contributed by atoms with van der Waals surface area (Å²) in [6.07, 6.45) is 11.5. The van der Waals surface area contributed by atoms with E-state index < -0.39 is 0 Å². The van der Waals surface area contributed by atoms with Crippen LogP contribution in [-0.4, -0.2) is 60.9 Å². The number of hydrogen-bond donors (Lipinski definition) is 1. The summed E-state index contributed by atoms with van der Waals surface area (Å²) in [5.74, 6) is 3.46. The van der Waals surface area contributed by atoms with E-state index in [9.17, 15) is 9.59 Å². The second-order valence-electron chi connectivity index (χ2n) is 10.7. The largest absolute Gasteiger partial charge is 0.341 e. The number of likely N-dealkylation sites (tertiary alicyclic amines) is 2. The van der Waals surface area contributed by atoms with Crippen LogP contribution in [0.25, 0.3) is 0 Å². The SMILES string of the molecule is CNCC1CCCN(C(=O)C2CCCN2C(=O)C23CC4CC(CC(C4)C2)C3)C1.Cl. The van der Waals surface area contributed by atoms with Crippen LogP contribution in [0.15, 0.2) is 0 Å². The van der Waals surface area contributed by atoms with Crippen LogP contribution in [0.5, 0.6) is 0 Å². The molecule has 4 bridgehead atoms. The van der Waals surface area contributed by atoms with Gasteiger partial charge in [0.2, 0.25) is 11.8 Å². The first-order valence-electron chi connectivity index (χ1n) is 11.8. The van der Waals surface area contributed by atoms with Gasteiger partial charge >= 0.3 is 0 Å². The third-order valence-electron chi connectivity index (χ3n) is 8.61. The molecule has 0 aromatic rings. The Bertz CT molecular complexity index is 602. The number of piperidine rings is 1. The van der Waals surface area contributed by atoms with Gasteiger partial charge in [-0.2, -0.15) is 0 Å². The predicted octanol–water partition coefficient (Wildman–Crippen LogP) is 3.07. The second kappa shape index (κ2) is 8.37. The Morgan fingerprint density at radius 2 is 1.59 bits per heavy atom. The summed E-state index contributed by atoms with van der Waals surface area (Å²) < 4.78 is 0. The normalized spacial score (nSPS) is 40.8. The lowest BCUT2D eigenvalue weighted by Gasteiger charge is -2.56. The van der Waals surface area contributed by atoms with E-state index in [1.54, 1.807) is 0 Å². The van der Waals surface area contributed by atoms with Crippen LogP contribution in [0, 0.1) is 29.1 Å². The molecule has 0 radical (unpaired) electrons. The fourth-order valence-electron chi connectivity index (χ4n) is 7.88. The molecule has 6 fully saturated rings. The second-order valence-corrected chi connectivity index (χ2v) is 10.7. The van der Waals surface area contributed by atoms with Crippen molar-refractivity contribution in [1.29, 1.82) is 0 Å². The molecule has 4 aliphatic carbocycles. The van der Waals surface area contributed by atoms with Crippen molar-refractivity contribution in [2.75, 3.05) is 33.2 Å². The number of carbonyl (C=O) groups is 2. The van der Waals surface area contributed by atoms with Gasteiger partial charge in [-0.05, 0) is 101 Å². The van der Waals surface area contributed by atoms with Crippen LogP contribution in [0.3, 0.4) is 0 Å². The lowest BCUT2D eigenvalue weighted by Crippen LogP contribution is -2.58. The third kappa shape index (κ3) is 3.82. The Hall–Kier alpha value is -0.810. The average Bonchev–Trinajstić information content (AvgIpc) is 3.16. The molecule has 29 heavy (non-hydrogen) atoms. The van der Waals surface area contributed by atoms with Crippen molar-refractivity contribution in [3.8, 4) is 0 Å². The Balaban J connectivity index is 0.00000205. The van der Waals surface area contributed by atoms with E-state index in [1.807, 2.05) is 11.9 Å². The van der Waals surface area contributed by atoms with Gasteiger partial charge in [0, 0.05) is 19.6 Å². The fraction of sp³-hybridized carbons (Fsp3) is 0.913. The van der Waals surface area contributed by atoms with E-state index >= 15 is 0 Å². The van der Waals surface area contributed by atoms with Crippen LogP contribution >= 0.6 is 12.4 Å². The Kier molecular flexibility index (Phi) is 6.19. The van der Waals surface area contributed by atoms with Crippen molar-refractivity contribution in [3.63, 3.8) is 0 Å². The van der Waals surface area contributed by atoms with E-state index in [-0.39, 0.29) is 29.8 Å². The summed E-state index contributed by atoms with van der Waals surface area (Å²) in [7, 11) is 1.99. The minimum absolute atomic E-state index is 0. The van der Waals surface area contributed by atoms with Crippen molar-refractivity contribution in [2.45, 2.75) is 70.3 Å². The number of nitrogens with zero attached hydrogens (tertiary/aromatic N) is 2. The molecule has 2 aliphatic heterocycles. The van der Waals surface area contributed by atoms with Crippen LogP contribution in [0.4, 0.5) is 0 Å². The standard InChI is InChI=1S/C23H37N3O2.ClH/c1-24-14-16-4-2-6-25(15-16)21(27)20-5-3-7-26(20)22(28)23-11-17-8-18(12-23)10-19(9-17)13-23;/h16-20,24H,2-15H2,1H3;1H. The van der Waals surface area contributed by atoms with Gasteiger partial charge in [0.25, 0.3) is 0 Å². The number of carbonyl (C=O) groups excluding carboxylic acids is 2. The smallest absolute Gasteiger partial charge is 0.245 e. The molecule has 2 atom stereocenters. The van der Waals surface area contributed by atoms with E-state index in [1.165, 1.54) is 25.7 Å². The van der Waals surface area contributed by atoms with E-state index in [2.05, 4.69) is 10.2 Å². The maximum Gasteiger partial charge on any atom is 0.245 e. The molecule has 2 unspecified atom stereocenters. The first-order valence-corrected chi connectivity index (χ1v) is 11.8. The Labute approximate surface area is 181 Å². The molecule has 2 amide bonds. The lowest BCUT2D eigenvalue weighted by molar-refractivity contribution is -0.162. The zero-order valence-corrected chi connectivity index (χ0v) is 18.7. The number of halogens is 1. The summed E-state index contributed by atoms with van der Waals surface area (Å²) in [5, 5.41) is 3.27. The molecule has 6 rings (SSSR count). The summed E-state index contributed by atoms with van der Waals surface area (Å²) in [5.41, 5.74) is -0.117. The minimum atomic E-state index is -0.186. The van der Waals surface area contributed by atoms with Gasteiger partial charge in [0.15, 0.2) is 0 Å². The van der Waals surface area contributed by atoms with Crippen LogP contribution in [0.2, 0.25) is 0 Å². The molecular weight excluding hydrogens is 386 g/mol. The molecule has 1 N–H and O–H groups in total. The summed E-state index contributed by atoms with van der Waals surface area (Å²) in [6, 6.07) is -0.186. The summed E-state index contributed by atoms with van der Waals surface area (Å²) >= 11 is 0. The van der Waals surface area contributed by atoms with Gasteiger partial charge in [-0.3, -0.25) is 9.59 Å². The average molecular weight is 424 g/mol. The summed E-state index contributed by atoms with van der Waals surface area (Å²) in [4.78, 5) is 31.3. The van der Waals surface area contributed by atoms with Crippen LogP contribution in [0.1, 0.15) is 64.2 Å². The molecule has 5 nitrogen and oxygen atoms in total. The van der Waals surface area contributed by atoms with Crippen molar-refractivity contribution in [1.82, 2.24) is 15.1 Å². The van der Waals surface area contributed by atoms with Gasteiger partial charge in [0.05, 0.1) is 5.41 Å². The van der Waals surface area contributed by atoms with Gasteiger partial charge in [-0.1, -0.05) is 0 Å². The lowest BCUT2D eigenvalue weighted by atomic mass is 9.49. The number of hydrogen-bond acceptors (Lipinski definition) is 3. The highest BCUT2D eigenvalue weighted by Gasteiger charge is 2.57. The van der Waals surface area contributed by atoms with Crippen molar-refractivity contribution in [3.05, 3.63) is 0 Å². The molecular formula is C23H38ClN3O2. The Morgan fingerprint density at radius 3 is 2.21 bits per heavy atom. The quantitative estimate of drug-likeness (QED) is 0.755. The maximum absolute atomic E-state index is 13.8. The predicted molar refractivity (Wildman–Crippen MR) is 116 cm³/mol. The van der Waals surface area contributed by atoms with E-state index in [0.29, 0.717) is 11.8 Å². The molecule has 0 aromatic heterocycles. The van der Waals surface area contributed by atoms with Gasteiger partial charge in [-0.25, -0.2) is 0 Å². The van der Waals surface area contributed by atoms with Gasteiger partial charge in [0.1, 0.15) is 6.04 Å². The van der Waals surface area contributed by atoms with Crippen molar-refractivity contribution in [2.24, 2.45) is 29.1 Å². The molecule has 6 aliphatic rings. The van der Waals surface area contributed by atoms with Gasteiger partial charge < -0.3 is 15.1 Å². The third-order valence-corrected chi connectivity index (χ3v) is 8.61. The molecule has 4 saturated carbocycles. The summed E-state index contributed by atoms with van der Waals surface area (Å²) in [6.45, 7) is 3.50. The first kappa shape index (κ1) is 21.4. The monoisotopic (exact) mass is 423 g/mol. The molecule has 0 spiro atoms. The van der Waals surface area contributed by atoms with E-state index in [4.69, 9.17) is 0 Å². The highest BCUT2D eigenvalue weighted by atomic mass is 35.5. The molecule has 6 heteroatoms. The minimum Gasteiger partial charge on any atom is -0.341 e. The highest BCUT2D eigenvalue weighted by molar-refractivity contribution is 5.91. The zero-order valence-electron chi connectivity index (χ0n) is 17.9. The van der Waals surface area contributed by atoms with Crippen molar-refractivity contribution < 1.29 is 9.59 Å².